The number of likely N-dealkylation sites (N-methyl/N-ethyl adjacent to an activating group) is 1. The molecule has 0 aliphatic rings. The van der Waals surface area contributed by atoms with Gasteiger partial charge in [0.05, 0.1) is 37.9 Å². The highest BCUT2D eigenvalue weighted by molar-refractivity contribution is 7.89. The van der Waals surface area contributed by atoms with Crippen LogP contribution in [0.3, 0.4) is 0 Å². The number of furan rings is 1. The monoisotopic (exact) mass is 320 g/mol. The van der Waals surface area contributed by atoms with Crippen molar-refractivity contribution in [2.45, 2.75) is 6.04 Å². The molecule has 1 atom stereocenters. The Morgan fingerprint density at radius 1 is 1.33 bits per heavy atom. The van der Waals surface area contributed by atoms with Crippen LogP contribution in [0.25, 0.3) is 0 Å². The quantitative estimate of drug-likeness (QED) is 0.597. The van der Waals surface area contributed by atoms with Gasteiger partial charge < -0.3 is 13.9 Å². The average molecular weight is 320 g/mol. The maximum absolute atomic E-state index is 11.9. The molecule has 8 heteroatoms. The number of ether oxygens (including phenoxy) is 2. The number of sulfonamides is 1. The van der Waals surface area contributed by atoms with Gasteiger partial charge in [0.15, 0.2) is 0 Å². The Labute approximate surface area is 126 Å². The first kappa shape index (κ1) is 18.1. The molecule has 1 unspecified atom stereocenters. The van der Waals surface area contributed by atoms with Gasteiger partial charge in [0.2, 0.25) is 10.0 Å². The standard InChI is InChI=1S/C13H24N2O5S/c1-15(2)12(13-5-4-6-20-13)11-14-21(16,17)10-9-19-8-7-18-3/h4-6,12,14H,7-11H2,1-3H3. The Balaban J connectivity index is 2.40. The van der Waals surface area contributed by atoms with Crippen molar-refractivity contribution >= 4 is 10.0 Å². The third kappa shape index (κ3) is 7.05. The van der Waals surface area contributed by atoms with Crippen molar-refractivity contribution < 1.29 is 22.3 Å². The average Bonchev–Trinajstić information content (AvgIpc) is 2.92. The molecule has 0 saturated carbocycles. The summed E-state index contributed by atoms with van der Waals surface area (Å²) in [5.41, 5.74) is 0. The van der Waals surface area contributed by atoms with Gasteiger partial charge in [-0.25, -0.2) is 13.1 Å². The van der Waals surface area contributed by atoms with E-state index < -0.39 is 10.0 Å². The van der Waals surface area contributed by atoms with Crippen LogP contribution in [-0.4, -0.2) is 66.6 Å². The molecule has 1 aromatic heterocycles. The third-order valence-electron chi connectivity index (χ3n) is 2.92. The minimum Gasteiger partial charge on any atom is -0.468 e. The molecule has 0 amide bonds. The minimum atomic E-state index is -3.37. The Morgan fingerprint density at radius 3 is 2.67 bits per heavy atom. The summed E-state index contributed by atoms with van der Waals surface area (Å²) in [6.07, 6.45) is 1.57. The van der Waals surface area contributed by atoms with Crippen molar-refractivity contribution in [1.29, 1.82) is 0 Å². The lowest BCUT2D eigenvalue weighted by molar-refractivity contribution is 0.0784. The molecule has 1 rings (SSSR count). The molecule has 0 aliphatic heterocycles. The van der Waals surface area contributed by atoms with Crippen molar-refractivity contribution in [2.24, 2.45) is 0 Å². The molecule has 0 spiro atoms. The summed E-state index contributed by atoms with van der Waals surface area (Å²) in [7, 11) is 1.94. The first-order valence-corrected chi connectivity index (χ1v) is 8.35. The molecule has 7 nitrogen and oxygen atoms in total. The van der Waals surface area contributed by atoms with Gasteiger partial charge in [-0.3, -0.25) is 4.90 Å². The number of nitrogens with zero attached hydrogens (tertiary/aromatic N) is 1. The fraction of sp³-hybridized carbons (Fsp3) is 0.692. The highest BCUT2D eigenvalue weighted by Gasteiger charge is 2.20. The third-order valence-corrected chi connectivity index (χ3v) is 4.23. The molecular weight excluding hydrogens is 296 g/mol. The topological polar surface area (TPSA) is 81.0 Å². The lowest BCUT2D eigenvalue weighted by atomic mass is 10.2. The van der Waals surface area contributed by atoms with Crippen molar-refractivity contribution in [3.8, 4) is 0 Å². The highest BCUT2D eigenvalue weighted by Crippen LogP contribution is 2.17. The molecule has 0 fully saturated rings. The van der Waals surface area contributed by atoms with Crippen LogP contribution in [0.4, 0.5) is 0 Å². The Morgan fingerprint density at radius 2 is 2.10 bits per heavy atom. The van der Waals surface area contributed by atoms with Crippen molar-refractivity contribution in [1.82, 2.24) is 9.62 Å². The Bertz CT molecular complexity index is 473. The van der Waals surface area contributed by atoms with Gasteiger partial charge in [-0.1, -0.05) is 0 Å². The van der Waals surface area contributed by atoms with Crippen molar-refractivity contribution in [3.05, 3.63) is 24.2 Å². The molecule has 1 aromatic rings. The van der Waals surface area contributed by atoms with Crippen LogP contribution in [0.15, 0.2) is 22.8 Å². The van der Waals surface area contributed by atoms with Crippen LogP contribution in [0.1, 0.15) is 11.8 Å². The van der Waals surface area contributed by atoms with Gasteiger partial charge in [-0.2, -0.15) is 0 Å². The SMILES string of the molecule is COCCOCCS(=O)(=O)NCC(c1ccco1)N(C)C. The first-order chi connectivity index (χ1) is 9.96. The fourth-order valence-corrected chi connectivity index (χ4v) is 2.60. The van der Waals surface area contributed by atoms with Gasteiger partial charge in [-0.15, -0.1) is 0 Å². The predicted molar refractivity (Wildman–Crippen MR) is 79.6 cm³/mol. The molecule has 122 valence electrons. The largest absolute Gasteiger partial charge is 0.468 e. The van der Waals surface area contributed by atoms with E-state index in [9.17, 15) is 8.42 Å². The van der Waals surface area contributed by atoms with E-state index in [0.29, 0.717) is 13.2 Å². The normalized spacial score (nSPS) is 13.7. The first-order valence-electron chi connectivity index (χ1n) is 6.70. The zero-order valence-electron chi connectivity index (χ0n) is 12.7. The van der Waals surface area contributed by atoms with Crippen LogP contribution in [-0.2, 0) is 19.5 Å². The summed E-state index contributed by atoms with van der Waals surface area (Å²) in [6, 6.07) is 3.46. The number of hydrogen-bond acceptors (Lipinski definition) is 6. The van der Waals surface area contributed by atoms with Crippen LogP contribution in [0.2, 0.25) is 0 Å². The number of nitrogens with one attached hydrogen (secondary N) is 1. The van der Waals surface area contributed by atoms with Gasteiger partial charge >= 0.3 is 0 Å². The van der Waals surface area contributed by atoms with E-state index in [0.717, 1.165) is 5.76 Å². The molecular formula is C13H24N2O5S. The smallest absolute Gasteiger partial charge is 0.213 e. The zero-order chi connectivity index (χ0) is 15.7. The highest BCUT2D eigenvalue weighted by atomic mass is 32.2. The summed E-state index contributed by atoms with van der Waals surface area (Å²) in [4.78, 5) is 1.90. The molecule has 0 aliphatic carbocycles. The number of methoxy groups -OCH3 is 1. The summed E-state index contributed by atoms with van der Waals surface area (Å²) in [5, 5.41) is 0. The molecule has 0 aromatic carbocycles. The lowest BCUT2D eigenvalue weighted by Gasteiger charge is -2.22. The summed E-state index contributed by atoms with van der Waals surface area (Å²) in [5.74, 6) is 0.647. The van der Waals surface area contributed by atoms with Gasteiger partial charge in [0.25, 0.3) is 0 Å². The summed E-state index contributed by atoms with van der Waals surface area (Å²) >= 11 is 0. The van der Waals surface area contributed by atoms with Gasteiger partial charge in [0, 0.05) is 13.7 Å². The second kappa shape index (κ2) is 9.16. The van der Waals surface area contributed by atoms with E-state index in [1.165, 1.54) is 0 Å². The fourth-order valence-electron chi connectivity index (χ4n) is 1.71. The van der Waals surface area contributed by atoms with Crippen LogP contribution >= 0.6 is 0 Å². The molecule has 21 heavy (non-hydrogen) atoms. The van der Waals surface area contributed by atoms with Gasteiger partial charge in [0.1, 0.15) is 5.76 Å². The molecule has 1 heterocycles. The number of hydrogen-bond donors (Lipinski definition) is 1. The van der Waals surface area contributed by atoms with E-state index >= 15 is 0 Å². The van der Waals surface area contributed by atoms with E-state index in [1.54, 1.807) is 19.4 Å². The van der Waals surface area contributed by atoms with Crippen molar-refractivity contribution in [3.63, 3.8) is 0 Å². The minimum absolute atomic E-state index is 0.0744. The van der Waals surface area contributed by atoms with E-state index in [-0.39, 0.29) is 24.9 Å². The van der Waals surface area contributed by atoms with Crippen LogP contribution in [0, 0.1) is 0 Å². The predicted octanol–water partition coefficient (Wildman–Crippen LogP) is 0.465. The Kier molecular flexibility index (Phi) is 7.91. The van der Waals surface area contributed by atoms with Crippen molar-refractivity contribution in [2.75, 3.05) is 53.3 Å². The second-order valence-corrected chi connectivity index (χ2v) is 6.69. The van der Waals surface area contributed by atoms with E-state index in [1.807, 2.05) is 25.1 Å². The maximum atomic E-state index is 11.9. The number of rotatable bonds is 11. The molecule has 0 saturated heterocycles. The van der Waals surface area contributed by atoms with Crippen LogP contribution < -0.4 is 4.72 Å². The second-order valence-electron chi connectivity index (χ2n) is 4.77. The maximum Gasteiger partial charge on any atom is 0.213 e. The van der Waals surface area contributed by atoms with Gasteiger partial charge in [-0.05, 0) is 26.2 Å². The zero-order valence-corrected chi connectivity index (χ0v) is 13.6. The van der Waals surface area contributed by atoms with Crippen LogP contribution in [0.5, 0.6) is 0 Å². The lowest BCUT2D eigenvalue weighted by Crippen LogP contribution is -2.36. The molecule has 0 radical (unpaired) electrons. The summed E-state index contributed by atoms with van der Waals surface area (Å²) < 4.78 is 41.7. The van der Waals surface area contributed by atoms with E-state index in [4.69, 9.17) is 13.9 Å². The molecule has 0 bridgehead atoms. The molecule has 1 N–H and O–H groups in total. The Hall–Kier alpha value is -0.930. The summed E-state index contributed by atoms with van der Waals surface area (Å²) in [6.45, 7) is 1.24. The van der Waals surface area contributed by atoms with E-state index in [2.05, 4.69) is 4.72 Å².